The van der Waals surface area contributed by atoms with E-state index >= 15 is 0 Å². The number of ether oxygens (including phenoxy) is 1. The molecule has 9 heteroatoms. The van der Waals surface area contributed by atoms with Crippen molar-refractivity contribution >= 4 is 5.97 Å². The average molecular weight is 303 g/mol. The minimum Gasteiger partial charge on any atom is -0.461 e. The zero-order chi connectivity index (χ0) is 15.6. The van der Waals surface area contributed by atoms with Gasteiger partial charge in [-0.25, -0.2) is 13.9 Å². The molecule has 0 aliphatic heterocycles. The average Bonchev–Trinajstić information content (AvgIpc) is 2.84. The van der Waals surface area contributed by atoms with Crippen LogP contribution in [0.2, 0.25) is 0 Å². The van der Waals surface area contributed by atoms with Gasteiger partial charge in [0, 0.05) is 0 Å². The van der Waals surface area contributed by atoms with E-state index in [1.54, 1.807) is 0 Å². The van der Waals surface area contributed by atoms with Crippen LogP contribution in [-0.2, 0) is 10.9 Å². The molecule has 0 saturated carbocycles. The van der Waals surface area contributed by atoms with Gasteiger partial charge in [0.1, 0.15) is 11.5 Å². The first kappa shape index (κ1) is 14.9. The first-order valence-electron chi connectivity index (χ1n) is 5.81. The van der Waals surface area contributed by atoms with Crippen LogP contribution in [0.25, 0.3) is 5.69 Å². The van der Waals surface area contributed by atoms with Crippen molar-refractivity contribution in [2.45, 2.75) is 13.1 Å². The summed E-state index contributed by atoms with van der Waals surface area (Å²) in [5.74, 6) is -2.20. The quantitative estimate of drug-likeness (QED) is 0.646. The zero-order valence-corrected chi connectivity index (χ0v) is 10.7. The summed E-state index contributed by atoms with van der Waals surface area (Å²) in [6.07, 6.45) is -4.95. The highest BCUT2D eigenvalue weighted by atomic mass is 19.4. The molecule has 0 aliphatic rings. The molecular weight excluding hydrogens is 294 g/mol. The highest BCUT2D eigenvalue weighted by Crippen LogP contribution is 2.33. The van der Waals surface area contributed by atoms with Gasteiger partial charge in [-0.1, -0.05) is 17.3 Å². The summed E-state index contributed by atoms with van der Waals surface area (Å²) in [6, 6.07) is 4.72. The van der Waals surface area contributed by atoms with E-state index in [4.69, 9.17) is 0 Å². The fraction of sp³-hybridized carbons (Fsp3) is 0.250. The Morgan fingerprint density at radius 3 is 2.57 bits per heavy atom. The van der Waals surface area contributed by atoms with Crippen molar-refractivity contribution in [3.63, 3.8) is 0 Å². The Hall–Kier alpha value is -2.45. The lowest BCUT2D eigenvalue weighted by molar-refractivity contribution is -0.143. The molecule has 2 rings (SSSR count). The lowest BCUT2D eigenvalue weighted by Gasteiger charge is -2.11. The van der Waals surface area contributed by atoms with Gasteiger partial charge in [-0.05, 0) is 19.1 Å². The van der Waals surface area contributed by atoms with E-state index in [-0.39, 0.29) is 11.3 Å². The molecule has 0 atom stereocenters. The van der Waals surface area contributed by atoms with Gasteiger partial charge in [0.2, 0.25) is 5.69 Å². The molecule has 0 spiro atoms. The van der Waals surface area contributed by atoms with Crippen LogP contribution in [-0.4, -0.2) is 27.6 Å². The molecule has 2 aromatic rings. The minimum absolute atomic E-state index is 0.122. The fourth-order valence-electron chi connectivity index (χ4n) is 1.67. The molecule has 0 bridgehead atoms. The molecular formula is C12H9F4N3O2. The van der Waals surface area contributed by atoms with Crippen LogP contribution >= 0.6 is 0 Å². The maximum Gasteiger partial charge on any atom is 0.436 e. The number of esters is 1. The highest BCUT2D eigenvalue weighted by molar-refractivity contribution is 5.88. The van der Waals surface area contributed by atoms with Crippen molar-refractivity contribution in [1.82, 2.24) is 15.0 Å². The number of carbonyl (C=O) groups excluding carboxylic acids is 1. The van der Waals surface area contributed by atoms with Gasteiger partial charge in [0.25, 0.3) is 0 Å². The third-order valence-electron chi connectivity index (χ3n) is 2.49. The smallest absolute Gasteiger partial charge is 0.436 e. The maximum absolute atomic E-state index is 13.6. The lowest BCUT2D eigenvalue weighted by atomic mass is 10.2. The van der Waals surface area contributed by atoms with Crippen molar-refractivity contribution in [3.8, 4) is 5.69 Å². The van der Waals surface area contributed by atoms with Crippen molar-refractivity contribution in [2.75, 3.05) is 6.61 Å². The van der Waals surface area contributed by atoms with E-state index in [2.05, 4.69) is 15.0 Å². The van der Waals surface area contributed by atoms with Gasteiger partial charge in [0.15, 0.2) is 5.69 Å². The van der Waals surface area contributed by atoms with Crippen LogP contribution in [0.3, 0.4) is 0 Å². The summed E-state index contributed by atoms with van der Waals surface area (Å²) in [5.41, 5.74) is -2.95. The first-order chi connectivity index (χ1) is 9.86. The van der Waals surface area contributed by atoms with E-state index in [1.165, 1.54) is 19.1 Å². The molecule has 0 N–H and O–H groups in total. The second kappa shape index (κ2) is 5.51. The van der Waals surface area contributed by atoms with Gasteiger partial charge in [-0.2, -0.15) is 13.2 Å². The molecule has 1 heterocycles. The number of rotatable bonds is 3. The van der Waals surface area contributed by atoms with Gasteiger partial charge >= 0.3 is 12.1 Å². The van der Waals surface area contributed by atoms with E-state index in [0.717, 1.165) is 12.1 Å². The normalized spacial score (nSPS) is 11.5. The highest BCUT2D eigenvalue weighted by Gasteiger charge is 2.42. The van der Waals surface area contributed by atoms with E-state index in [1.807, 2.05) is 0 Å². The van der Waals surface area contributed by atoms with Crippen molar-refractivity contribution in [3.05, 3.63) is 41.5 Å². The SMILES string of the molecule is CCOC(=O)c1nnn(-c2ccccc2F)c1C(F)(F)F. The number of halogens is 4. The number of hydrogen-bond donors (Lipinski definition) is 0. The number of aromatic nitrogens is 3. The van der Waals surface area contributed by atoms with Crippen LogP contribution in [0.15, 0.2) is 24.3 Å². The fourth-order valence-corrected chi connectivity index (χ4v) is 1.67. The second-order valence-corrected chi connectivity index (χ2v) is 3.87. The van der Waals surface area contributed by atoms with Gasteiger partial charge in [0.05, 0.1) is 6.61 Å². The van der Waals surface area contributed by atoms with Crippen LogP contribution in [0, 0.1) is 5.82 Å². The molecule has 0 unspecified atom stereocenters. The van der Waals surface area contributed by atoms with Crippen molar-refractivity contribution in [2.24, 2.45) is 0 Å². The lowest BCUT2D eigenvalue weighted by Crippen LogP contribution is -2.19. The topological polar surface area (TPSA) is 57.0 Å². The number of carbonyl (C=O) groups is 1. The summed E-state index contributed by atoms with van der Waals surface area (Å²) >= 11 is 0. The Balaban J connectivity index is 2.64. The predicted molar refractivity (Wildman–Crippen MR) is 62.3 cm³/mol. The van der Waals surface area contributed by atoms with Crippen LogP contribution < -0.4 is 0 Å². The molecule has 0 amide bonds. The standard InChI is InChI=1S/C12H9F4N3O2/c1-2-21-11(20)9-10(12(14,15)16)19(18-17-9)8-6-4-3-5-7(8)13/h3-6H,2H2,1H3. The zero-order valence-electron chi connectivity index (χ0n) is 10.7. The molecule has 5 nitrogen and oxygen atoms in total. The minimum atomic E-state index is -4.95. The summed E-state index contributed by atoms with van der Waals surface area (Å²) in [5, 5.41) is 6.39. The first-order valence-corrected chi connectivity index (χ1v) is 5.81. The third-order valence-corrected chi connectivity index (χ3v) is 2.49. The number of para-hydroxylation sites is 1. The van der Waals surface area contributed by atoms with E-state index in [9.17, 15) is 22.4 Å². The van der Waals surface area contributed by atoms with Gasteiger partial charge < -0.3 is 4.74 Å². The molecule has 112 valence electrons. The monoisotopic (exact) mass is 303 g/mol. The molecule has 0 radical (unpaired) electrons. The number of benzene rings is 1. The Morgan fingerprint density at radius 2 is 2.00 bits per heavy atom. The summed E-state index contributed by atoms with van der Waals surface area (Å²) in [4.78, 5) is 11.5. The van der Waals surface area contributed by atoms with Crippen molar-refractivity contribution in [1.29, 1.82) is 0 Å². The second-order valence-electron chi connectivity index (χ2n) is 3.87. The molecule has 0 aliphatic carbocycles. The molecule has 1 aromatic carbocycles. The Labute approximate surface area is 116 Å². The number of alkyl halides is 3. The number of hydrogen-bond acceptors (Lipinski definition) is 4. The van der Waals surface area contributed by atoms with E-state index in [0.29, 0.717) is 0 Å². The largest absolute Gasteiger partial charge is 0.461 e. The van der Waals surface area contributed by atoms with Gasteiger partial charge in [-0.3, -0.25) is 0 Å². The molecule has 0 saturated heterocycles. The van der Waals surface area contributed by atoms with Crippen LogP contribution in [0.5, 0.6) is 0 Å². The Morgan fingerprint density at radius 1 is 1.33 bits per heavy atom. The van der Waals surface area contributed by atoms with Crippen LogP contribution in [0.1, 0.15) is 23.1 Å². The predicted octanol–water partition coefficient (Wildman–Crippen LogP) is 2.60. The molecule has 21 heavy (non-hydrogen) atoms. The third kappa shape index (κ3) is 2.86. The van der Waals surface area contributed by atoms with Crippen LogP contribution in [0.4, 0.5) is 17.6 Å². The summed E-state index contributed by atoms with van der Waals surface area (Å²) < 4.78 is 57.7. The van der Waals surface area contributed by atoms with Gasteiger partial charge in [-0.15, -0.1) is 5.10 Å². The molecule has 0 fully saturated rings. The van der Waals surface area contributed by atoms with Crippen molar-refractivity contribution < 1.29 is 27.1 Å². The van der Waals surface area contributed by atoms with E-state index < -0.39 is 35.0 Å². The maximum atomic E-state index is 13.6. The number of nitrogens with zero attached hydrogens (tertiary/aromatic N) is 3. The Kier molecular flexibility index (Phi) is 3.92. The summed E-state index contributed by atoms with van der Waals surface area (Å²) in [7, 11) is 0. The Bertz CT molecular complexity index is 667. The molecule has 1 aromatic heterocycles. The summed E-state index contributed by atoms with van der Waals surface area (Å²) in [6.45, 7) is 1.31.